The number of nitrogen functional groups attached to an aromatic ring is 1. The summed E-state index contributed by atoms with van der Waals surface area (Å²) in [6.45, 7) is 0.741. The maximum atomic E-state index is 5.86. The fourth-order valence-electron chi connectivity index (χ4n) is 1.50. The third kappa shape index (κ3) is 3.68. The summed E-state index contributed by atoms with van der Waals surface area (Å²) < 4.78 is 0. The van der Waals surface area contributed by atoms with E-state index >= 15 is 0 Å². The van der Waals surface area contributed by atoms with Crippen molar-refractivity contribution in [3.63, 3.8) is 0 Å². The van der Waals surface area contributed by atoms with Crippen molar-refractivity contribution < 1.29 is 0 Å². The van der Waals surface area contributed by atoms with E-state index in [4.69, 9.17) is 18.0 Å². The summed E-state index contributed by atoms with van der Waals surface area (Å²) in [5, 5.41) is 9.43. The van der Waals surface area contributed by atoms with Crippen LogP contribution in [0.2, 0.25) is 0 Å². The molecule has 0 bridgehead atoms. The largest absolute Gasteiger partial charge is 0.399 e. The normalized spacial score (nSPS) is 10.0. The second-order valence-electron chi connectivity index (χ2n) is 3.67. The average Bonchev–Trinajstić information content (AvgIpc) is 2.84. The van der Waals surface area contributed by atoms with Crippen LogP contribution in [0.3, 0.4) is 0 Å². The van der Waals surface area contributed by atoms with E-state index in [0.717, 1.165) is 29.3 Å². The number of nitrogens with one attached hydrogen (secondary N) is 2. The Labute approximate surface area is 115 Å². The zero-order valence-electron chi connectivity index (χ0n) is 9.72. The lowest BCUT2D eigenvalue weighted by molar-refractivity contribution is 0.875. The molecule has 0 aliphatic heterocycles. The van der Waals surface area contributed by atoms with E-state index in [2.05, 4.69) is 15.6 Å². The van der Waals surface area contributed by atoms with Crippen LogP contribution in [0.1, 0.15) is 5.56 Å². The van der Waals surface area contributed by atoms with Crippen molar-refractivity contribution in [1.29, 1.82) is 0 Å². The molecule has 2 rings (SSSR count). The molecule has 0 amide bonds. The molecule has 0 aliphatic rings. The summed E-state index contributed by atoms with van der Waals surface area (Å²) in [4.78, 5) is 4.10. The third-order valence-electron chi connectivity index (χ3n) is 2.39. The van der Waals surface area contributed by atoms with Crippen LogP contribution in [0.5, 0.6) is 0 Å². The molecular formula is C12H14N4S2. The van der Waals surface area contributed by atoms with E-state index < -0.39 is 0 Å². The molecule has 0 fully saturated rings. The average molecular weight is 278 g/mol. The molecule has 0 saturated heterocycles. The molecule has 0 atom stereocenters. The van der Waals surface area contributed by atoms with Crippen LogP contribution in [0.4, 0.5) is 10.8 Å². The topological polar surface area (TPSA) is 63.0 Å². The summed E-state index contributed by atoms with van der Waals surface area (Å²) in [5.74, 6) is 0. The van der Waals surface area contributed by atoms with Crippen molar-refractivity contribution in [2.24, 2.45) is 0 Å². The van der Waals surface area contributed by atoms with Crippen molar-refractivity contribution in [2.75, 3.05) is 17.6 Å². The summed E-state index contributed by atoms with van der Waals surface area (Å²) in [6.07, 6.45) is 2.58. The number of hydrogen-bond donors (Lipinski definition) is 3. The van der Waals surface area contributed by atoms with E-state index in [1.54, 1.807) is 6.20 Å². The zero-order chi connectivity index (χ0) is 12.8. The van der Waals surface area contributed by atoms with Gasteiger partial charge in [0.1, 0.15) is 0 Å². The van der Waals surface area contributed by atoms with Gasteiger partial charge in [-0.15, -0.1) is 11.3 Å². The first-order valence-electron chi connectivity index (χ1n) is 5.53. The highest BCUT2D eigenvalue weighted by Gasteiger charge is 2.00. The molecular weight excluding hydrogens is 264 g/mol. The fourth-order valence-corrected chi connectivity index (χ4v) is 2.30. The van der Waals surface area contributed by atoms with Crippen molar-refractivity contribution in [3.05, 3.63) is 41.4 Å². The van der Waals surface area contributed by atoms with E-state index in [-0.39, 0.29) is 0 Å². The van der Waals surface area contributed by atoms with Gasteiger partial charge in [-0.25, -0.2) is 4.98 Å². The lowest BCUT2D eigenvalue weighted by Gasteiger charge is -2.09. The van der Waals surface area contributed by atoms with E-state index in [1.807, 2.05) is 29.6 Å². The van der Waals surface area contributed by atoms with Crippen LogP contribution >= 0.6 is 23.6 Å². The van der Waals surface area contributed by atoms with Crippen LogP contribution in [-0.2, 0) is 6.42 Å². The number of hydrogen-bond acceptors (Lipinski definition) is 4. The van der Waals surface area contributed by atoms with Gasteiger partial charge in [0.25, 0.3) is 0 Å². The van der Waals surface area contributed by atoms with Crippen molar-refractivity contribution in [3.8, 4) is 0 Å². The van der Waals surface area contributed by atoms with E-state index in [9.17, 15) is 0 Å². The monoisotopic (exact) mass is 278 g/mol. The molecule has 1 aromatic carbocycles. The van der Waals surface area contributed by atoms with Gasteiger partial charge in [-0.1, -0.05) is 18.2 Å². The van der Waals surface area contributed by atoms with Crippen LogP contribution in [0.25, 0.3) is 0 Å². The minimum atomic E-state index is 0.583. The zero-order valence-corrected chi connectivity index (χ0v) is 11.4. The third-order valence-corrected chi connectivity index (χ3v) is 3.32. The maximum Gasteiger partial charge on any atom is 0.188 e. The smallest absolute Gasteiger partial charge is 0.188 e. The van der Waals surface area contributed by atoms with Crippen LogP contribution < -0.4 is 16.4 Å². The van der Waals surface area contributed by atoms with E-state index in [0.29, 0.717) is 5.11 Å². The van der Waals surface area contributed by atoms with Gasteiger partial charge >= 0.3 is 0 Å². The molecule has 0 saturated carbocycles. The van der Waals surface area contributed by atoms with Gasteiger partial charge in [-0.05, 0) is 30.3 Å². The number of nitrogens with zero attached hydrogens (tertiary/aromatic N) is 1. The number of benzene rings is 1. The number of thiazole rings is 1. The maximum absolute atomic E-state index is 5.86. The van der Waals surface area contributed by atoms with Gasteiger partial charge < -0.3 is 16.4 Å². The Morgan fingerprint density at radius 1 is 1.39 bits per heavy atom. The van der Waals surface area contributed by atoms with Gasteiger partial charge in [0.05, 0.1) is 0 Å². The lowest BCUT2D eigenvalue weighted by atomic mass is 10.1. The highest BCUT2D eigenvalue weighted by Crippen LogP contribution is 2.11. The second-order valence-corrected chi connectivity index (χ2v) is 4.97. The number of aromatic nitrogens is 1. The van der Waals surface area contributed by atoms with Gasteiger partial charge in [-0.3, -0.25) is 0 Å². The fraction of sp³-hybridized carbons (Fsp3) is 0.167. The minimum Gasteiger partial charge on any atom is -0.399 e. The van der Waals surface area contributed by atoms with Crippen LogP contribution in [0.15, 0.2) is 35.8 Å². The van der Waals surface area contributed by atoms with Crippen molar-refractivity contribution in [2.45, 2.75) is 6.42 Å². The summed E-state index contributed by atoms with van der Waals surface area (Å²) >= 11 is 6.68. The minimum absolute atomic E-state index is 0.583. The molecule has 0 unspecified atom stereocenters. The Hall–Kier alpha value is -1.66. The Kier molecular flexibility index (Phi) is 4.49. The first-order valence-corrected chi connectivity index (χ1v) is 6.82. The molecule has 4 N–H and O–H groups in total. The highest BCUT2D eigenvalue weighted by molar-refractivity contribution is 7.80. The number of thiocarbonyl (C=S) groups is 1. The first kappa shape index (κ1) is 12.8. The standard InChI is InChI=1S/C12H14N4S2/c13-10-4-2-1-3-9(10)5-6-14-11(17)16-12-15-7-8-18-12/h1-4,7-8H,5-6,13H2,(H2,14,15,16,17). The van der Waals surface area contributed by atoms with Crippen LogP contribution in [-0.4, -0.2) is 16.6 Å². The van der Waals surface area contributed by atoms with Crippen LogP contribution in [0, 0.1) is 0 Å². The molecule has 18 heavy (non-hydrogen) atoms. The molecule has 94 valence electrons. The van der Waals surface area contributed by atoms with Gasteiger partial charge in [0.15, 0.2) is 10.2 Å². The predicted octanol–water partition coefficient (Wildman–Crippen LogP) is 2.25. The van der Waals surface area contributed by atoms with Gasteiger partial charge in [-0.2, -0.15) is 0 Å². The molecule has 2 aromatic rings. The highest BCUT2D eigenvalue weighted by atomic mass is 32.1. The summed E-state index contributed by atoms with van der Waals surface area (Å²) in [6, 6.07) is 7.84. The molecule has 4 nitrogen and oxygen atoms in total. The number of nitrogens with two attached hydrogens (primary N) is 1. The molecule has 1 aromatic heterocycles. The van der Waals surface area contributed by atoms with Crippen molar-refractivity contribution in [1.82, 2.24) is 10.3 Å². The Morgan fingerprint density at radius 3 is 2.94 bits per heavy atom. The quantitative estimate of drug-likeness (QED) is 0.591. The number of anilines is 2. The second kappa shape index (κ2) is 6.32. The Balaban J connectivity index is 1.75. The molecule has 0 spiro atoms. The molecule has 6 heteroatoms. The SMILES string of the molecule is Nc1ccccc1CCNC(=S)Nc1nccs1. The van der Waals surface area contributed by atoms with Gasteiger partial charge in [0.2, 0.25) is 0 Å². The Morgan fingerprint density at radius 2 is 2.22 bits per heavy atom. The molecule has 1 heterocycles. The summed E-state index contributed by atoms with van der Waals surface area (Å²) in [7, 11) is 0. The van der Waals surface area contributed by atoms with Crippen molar-refractivity contribution >= 4 is 39.5 Å². The Bertz CT molecular complexity index is 511. The molecule has 0 aliphatic carbocycles. The van der Waals surface area contributed by atoms with Gasteiger partial charge in [0, 0.05) is 23.8 Å². The number of rotatable bonds is 4. The molecule has 0 radical (unpaired) electrons. The predicted molar refractivity (Wildman–Crippen MR) is 80.9 cm³/mol. The lowest BCUT2D eigenvalue weighted by Crippen LogP contribution is -2.30. The number of para-hydroxylation sites is 1. The first-order chi connectivity index (χ1) is 8.75. The van der Waals surface area contributed by atoms with E-state index in [1.165, 1.54) is 11.3 Å². The summed E-state index contributed by atoms with van der Waals surface area (Å²) in [5.41, 5.74) is 7.81.